The lowest BCUT2D eigenvalue weighted by molar-refractivity contribution is 0.421. The molecule has 0 radical (unpaired) electrons. The van der Waals surface area contributed by atoms with Crippen LogP contribution in [0.2, 0.25) is 0 Å². The van der Waals surface area contributed by atoms with Crippen LogP contribution < -0.4 is 0 Å². The van der Waals surface area contributed by atoms with Gasteiger partial charge in [0.05, 0.1) is 5.51 Å². The van der Waals surface area contributed by atoms with Crippen LogP contribution in [0, 0.1) is 0 Å². The third-order valence-corrected chi connectivity index (χ3v) is 3.69. The van der Waals surface area contributed by atoms with Gasteiger partial charge in [-0.1, -0.05) is 27.2 Å². The van der Waals surface area contributed by atoms with Gasteiger partial charge in [0.1, 0.15) is 0 Å². The lowest BCUT2D eigenvalue weighted by atomic mass is 9.82. The second-order valence-electron chi connectivity index (χ2n) is 3.53. The molecule has 1 nitrogen and oxygen atoms in total. The second-order valence-corrected chi connectivity index (χ2v) is 4.42. The highest BCUT2D eigenvalue weighted by Crippen LogP contribution is 2.34. The van der Waals surface area contributed by atoms with Crippen molar-refractivity contribution in [2.24, 2.45) is 0 Å². The fraction of sp³-hybridized carbons (Fsp3) is 0.700. The molecule has 0 spiro atoms. The van der Waals surface area contributed by atoms with E-state index in [1.807, 2.05) is 11.7 Å². The number of rotatable bonds is 4. The maximum Gasteiger partial charge on any atom is 0.0794 e. The molecule has 0 aliphatic carbocycles. The average Bonchev–Trinajstić information content (AvgIpc) is 2.57. The molecule has 0 aliphatic rings. The highest BCUT2D eigenvalue weighted by molar-refractivity contribution is 7.09. The first kappa shape index (κ1) is 9.72. The minimum Gasteiger partial charge on any atom is -0.253 e. The van der Waals surface area contributed by atoms with Crippen molar-refractivity contribution in [3.63, 3.8) is 0 Å². The third-order valence-electron chi connectivity index (χ3n) is 2.61. The van der Waals surface area contributed by atoms with Crippen molar-refractivity contribution in [1.82, 2.24) is 4.98 Å². The van der Waals surface area contributed by atoms with Crippen LogP contribution in [-0.4, -0.2) is 4.98 Å². The molecule has 1 rings (SSSR count). The maximum atomic E-state index is 4.14. The number of hydrogen-bond donors (Lipinski definition) is 0. The van der Waals surface area contributed by atoms with E-state index in [0.717, 1.165) is 0 Å². The minimum atomic E-state index is 0.371. The fourth-order valence-electron chi connectivity index (χ4n) is 1.54. The van der Waals surface area contributed by atoms with Gasteiger partial charge in [-0.3, -0.25) is 4.98 Å². The molecular formula is C10H17NS. The summed E-state index contributed by atoms with van der Waals surface area (Å²) in [5.41, 5.74) is 2.30. The molecule has 0 fully saturated rings. The zero-order valence-electron chi connectivity index (χ0n) is 8.13. The Balaban J connectivity index is 2.80. The van der Waals surface area contributed by atoms with Gasteiger partial charge in [0.2, 0.25) is 0 Å². The molecule has 0 aliphatic heterocycles. The summed E-state index contributed by atoms with van der Waals surface area (Å²) in [6.45, 7) is 6.84. The van der Waals surface area contributed by atoms with E-state index in [2.05, 4.69) is 25.8 Å². The highest BCUT2D eigenvalue weighted by atomic mass is 32.1. The maximum absolute atomic E-state index is 4.14. The Bertz CT molecular complexity index is 218. The topological polar surface area (TPSA) is 12.9 Å². The summed E-state index contributed by atoms with van der Waals surface area (Å²) in [5.74, 6) is 0. The smallest absolute Gasteiger partial charge is 0.0794 e. The van der Waals surface area contributed by atoms with Crippen molar-refractivity contribution >= 4 is 11.3 Å². The summed E-state index contributed by atoms with van der Waals surface area (Å²) < 4.78 is 0. The summed E-state index contributed by atoms with van der Waals surface area (Å²) in [6.07, 6.45) is 5.75. The summed E-state index contributed by atoms with van der Waals surface area (Å²) in [7, 11) is 0. The SMILES string of the molecule is CCCC(C)(CC)c1cncs1. The van der Waals surface area contributed by atoms with Crippen LogP contribution in [0.3, 0.4) is 0 Å². The van der Waals surface area contributed by atoms with Crippen molar-refractivity contribution in [2.75, 3.05) is 0 Å². The van der Waals surface area contributed by atoms with Crippen LogP contribution >= 0.6 is 11.3 Å². The number of nitrogens with zero attached hydrogens (tertiary/aromatic N) is 1. The van der Waals surface area contributed by atoms with Gasteiger partial charge in [-0.05, 0) is 12.8 Å². The average molecular weight is 183 g/mol. The molecular weight excluding hydrogens is 166 g/mol. The summed E-state index contributed by atoms with van der Waals surface area (Å²) in [5, 5.41) is 0. The largest absolute Gasteiger partial charge is 0.253 e. The Kier molecular flexibility index (Phi) is 3.27. The molecule has 1 aromatic heterocycles. The van der Waals surface area contributed by atoms with E-state index in [-0.39, 0.29) is 0 Å². The summed E-state index contributed by atoms with van der Waals surface area (Å²) in [4.78, 5) is 5.57. The highest BCUT2D eigenvalue weighted by Gasteiger charge is 2.24. The van der Waals surface area contributed by atoms with E-state index in [4.69, 9.17) is 0 Å². The Morgan fingerprint density at radius 3 is 2.67 bits per heavy atom. The number of hydrogen-bond acceptors (Lipinski definition) is 2. The molecule has 1 atom stereocenters. The van der Waals surface area contributed by atoms with Gasteiger partial charge in [0.15, 0.2) is 0 Å². The first-order valence-corrected chi connectivity index (χ1v) is 5.50. The lowest BCUT2D eigenvalue weighted by Crippen LogP contribution is -2.18. The van der Waals surface area contributed by atoms with Crippen LogP contribution in [0.25, 0.3) is 0 Å². The molecule has 0 bridgehead atoms. The van der Waals surface area contributed by atoms with E-state index in [0.29, 0.717) is 5.41 Å². The first-order valence-electron chi connectivity index (χ1n) is 4.62. The van der Waals surface area contributed by atoms with Crippen LogP contribution in [0.4, 0.5) is 0 Å². The van der Waals surface area contributed by atoms with Crippen molar-refractivity contribution in [3.05, 3.63) is 16.6 Å². The van der Waals surface area contributed by atoms with Crippen molar-refractivity contribution in [1.29, 1.82) is 0 Å². The molecule has 0 amide bonds. The van der Waals surface area contributed by atoms with Gasteiger partial charge >= 0.3 is 0 Å². The van der Waals surface area contributed by atoms with Crippen LogP contribution in [-0.2, 0) is 5.41 Å². The Morgan fingerprint density at radius 2 is 2.25 bits per heavy atom. The predicted molar refractivity (Wildman–Crippen MR) is 54.7 cm³/mol. The van der Waals surface area contributed by atoms with E-state index in [9.17, 15) is 0 Å². The van der Waals surface area contributed by atoms with Crippen molar-refractivity contribution in [3.8, 4) is 0 Å². The monoisotopic (exact) mass is 183 g/mol. The number of aromatic nitrogens is 1. The standard InChI is InChI=1S/C10H17NS/c1-4-6-10(3,5-2)9-7-11-8-12-9/h7-8H,4-6H2,1-3H3. The van der Waals surface area contributed by atoms with Crippen molar-refractivity contribution < 1.29 is 0 Å². The van der Waals surface area contributed by atoms with E-state index in [1.54, 1.807) is 11.3 Å². The zero-order valence-corrected chi connectivity index (χ0v) is 8.95. The van der Waals surface area contributed by atoms with Gasteiger partial charge < -0.3 is 0 Å². The van der Waals surface area contributed by atoms with Crippen LogP contribution in [0.1, 0.15) is 44.9 Å². The van der Waals surface area contributed by atoms with Crippen molar-refractivity contribution in [2.45, 2.75) is 45.4 Å². The Labute approximate surface area is 78.8 Å². The molecule has 0 saturated heterocycles. The lowest BCUT2D eigenvalue weighted by Gasteiger charge is -2.25. The van der Waals surface area contributed by atoms with Crippen LogP contribution in [0.5, 0.6) is 0 Å². The molecule has 0 aromatic carbocycles. The Hall–Kier alpha value is -0.370. The quantitative estimate of drug-likeness (QED) is 0.695. The third kappa shape index (κ3) is 1.86. The molecule has 2 heteroatoms. The van der Waals surface area contributed by atoms with E-state index >= 15 is 0 Å². The fourth-order valence-corrected chi connectivity index (χ4v) is 2.43. The van der Waals surface area contributed by atoms with Gasteiger partial charge in [0, 0.05) is 16.5 Å². The minimum absolute atomic E-state index is 0.371. The zero-order chi connectivity index (χ0) is 9.03. The molecule has 1 aromatic rings. The van der Waals surface area contributed by atoms with E-state index < -0.39 is 0 Å². The molecule has 68 valence electrons. The summed E-state index contributed by atoms with van der Waals surface area (Å²) in [6, 6.07) is 0. The predicted octanol–water partition coefficient (Wildman–Crippen LogP) is 3.61. The van der Waals surface area contributed by atoms with Gasteiger partial charge in [-0.2, -0.15) is 0 Å². The molecule has 0 N–H and O–H groups in total. The molecule has 1 unspecified atom stereocenters. The molecule has 0 saturated carbocycles. The van der Waals surface area contributed by atoms with Gasteiger partial charge in [-0.25, -0.2) is 0 Å². The normalized spacial score (nSPS) is 15.9. The summed E-state index contributed by atoms with van der Waals surface area (Å²) >= 11 is 1.78. The first-order chi connectivity index (χ1) is 5.73. The Morgan fingerprint density at radius 1 is 1.50 bits per heavy atom. The number of thiazole rings is 1. The van der Waals surface area contributed by atoms with Gasteiger partial charge in [0.25, 0.3) is 0 Å². The molecule has 12 heavy (non-hydrogen) atoms. The van der Waals surface area contributed by atoms with E-state index in [1.165, 1.54) is 24.1 Å². The van der Waals surface area contributed by atoms with Gasteiger partial charge in [-0.15, -0.1) is 11.3 Å². The van der Waals surface area contributed by atoms with Crippen LogP contribution in [0.15, 0.2) is 11.7 Å². The second kappa shape index (κ2) is 4.04. The molecule has 1 heterocycles.